The maximum Gasteiger partial charge on any atom is 0.282 e. The number of rotatable bonds is 6. The van der Waals surface area contributed by atoms with Crippen molar-refractivity contribution in [3.63, 3.8) is 0 Å². The minimum Gasteiger partial charge on any atom is -0.341 e. The van der Waals surface area contributed by atoms with Crippen LogP contribution in [-0.2, 0) is 6.42 Å². The van der Waals surface area contributed by atoms with Gasteiger partial charge in [0, 0.05) is 39.1 Å². The van der Waals surface area contributed by atoms with Gasteiger partial charge in [0.25, 0.3) is 5.56 Å². The van der Waals surface area contributed by atoms with E-state index in [9.17, 15) is 4.79 Å². The first-order valence-electron chi connectivity index (χ1n) is 10.8. The highest BCUT2D eigenvalue weighted by Crippen LogP contribution is 2.29. The van der Waals surface area contributed by atoms with Crippen LogP contribution in [0.1, 0.15) is 56.7 Å². The summed E-state index contributed by atoms with van der Waals surface area (Å²) in [5.41, 5.74) is 3.94. The number of fused-ring (bicyclic) bond motifs is 2. The smallest absolute Gasteiger partial charge is 0.282 e. The standard InChI is InChI=1S/C25H27BrN4O/c1-5-9-24-28-22-13-12-18(26)14-20(22)25(31)30(24)27-15-21-17(4)29(16(3)6-2)23-11-8-7-10-19(21)23/h7-8,10-16H,5-6,9H2,1-4H3/t16-/m1/s1. The summed E-state index contributed by atoms with van der Waals surface area (Å²) in [6.45, 7) is 8.63. The number of benzene rings is 2. The van der Waals surface area contributed by atoms with Gasteiger partial charge in [-0.25, -0.2) is 4.98 Å². The zero-order chi connectivity index (χ0) is 22.1. The fourth-order valence-corrected chi connectivity index (χ4v) is 4.51. The molecule has 6 heteroatoms. The molecule has 0 aliphatic rings. The first kappa shape index (κ1) is 21.5. The third-order valence-electron chi connectivity index (χ3n) is 5.89. The Labute approximate surface area is 190 Å². The van der Waals surface area contributed by atoms with E-state index in [1.807, 2.05) is 30.5 Å². The van der Waals surface area contributed by atoms with Crippen molar-refractivity contribution in [1.82, 2.24) is 14.2 Å². The van der Waals surface area contributed by atoms with E-state index in [0.717, 1.165) is 34.0 Å². The molecule has 0 fully saturated rings. The molecule has 0 radical (unpaired) electrons. The second kappa shape index (κ2) is 8.79. The van der Waals surface area contributed by atoms with Gasteiger partial charge >= 0.3 is 0 Å². The van der Waals surface area contributed by atoms with Gasteiger partial charge in [-0.05, 0) is 51.0 Å². The number of aryl methyl sites for hydroxylation is 1. The number of hydrogen-bond acceptors (Lipinski definition) is 3. The zero-order valence-corrected chi connectivity index (χ0v) is 20.0. The molecule has 1 atom stereocenters. The normalized spacial score (nSPS) is 12.9. The van der Waals surface area contributed by atoms with Crippen LogP contribution in [0.4, 0.5) is 0 Å². The lowest BCUT2D eigenvalue weighted by atomic mass is 10.1. The van der Waals surface area contributed by atoms with Crippen LogP contribution in [0.15, 0.2) is 56.8 Å². The van der Waals surface area contributed by atoms with E-state index in [-0.39, 0.29) is 5.56 Å². The Balaban J connectivity index is 1.92. The first-order chi connectivity index (χ1) is 15.0. The fourth-order valence-electron chi connectivity index (χ4n) is 4.15. The summed E-state index contributed by atoms with van der Waals surface area (Å²) in [7, 11) is 0. The van der Waals surface area contributed by atoms with Crippen molar-refractivity contribution < 1.29 is 0 Å². The van der Waals surface area contributed by atoms with Gasteiger partial charge in [-0.3, -0.25) is 4.79 Å². The van der Waals surface area contributed by atoms with E-state index in [0.29, 0.717) is 29.2 Å². The molecular weight excluding hydrogens is 452 g/mol. The van der Waals surface area contributed by atoms with Crippen LogP contribution in [0.2, 0.25) is 0 Å². The van der Waals surface area contributed by atoms with E-state index >= 15 is 0 Å². The number of aromatic nitrogens is 3. The quantitative estimate of drug-likeness (QED) is 0.308. The van der Waals surface area contributed by atoms with Crippen molar-refractivity contribution >= 4 is 44.0 Å². The second-order valence-corrected chi connectivity index (χ2v) is 8.86. The minimum atomic E-state index is -0.144. The number of hydrogen-bond donors (Lipinski definition) is 0. The largest absolute Gasteiger partial charge is 0.341 e. The Morgan fingerprint density at radius 1 is 1.16 bits per heavy atom. The highest BCUT2D eigenvalue weighted by Gasteiger charge is 2.16. The Hall–Kier alpha value is -2.73. The van der Waals surface area contributed by atoms with E-state index in [2.05, 4.69) is 71.5 Å². The van der Waals surface area contributed by atoms with E-state index < -0.39 is 0 Å². The second-order valence-electron chi connectivity index (χ2n) is 7.94. The molecule has 31 heavy (non-hydrogen) atoms. The summed E-state index contributed by atoms with van der Waals surface area (Å²) in [6.07, 6.45) is 4.44. The van der Waals surface area contributed by atoms with Crippen LogP contribution in [0.3, 0.4) is 0 Å². The molecule has 5 nitrogen and oxygen atoms in total. The van der Waals surface area contributed by atoms with Crippen molar-refractivity contribution in [2.75, 3.05) is 0 Å². The Kier molecular flexibility index (Phi) is 6.10. The Bertz CT molecular complexity index is 1350. The summed E-state index contributed by atoms with van der Waals surface area (Å²) >= 11 is 3.46. The van der Waals surface area contributed by atoms with Gasteiger partial charge in [0.1, 0.15) is 5.82 Å². The monoisotopic (exact) mass is 478 g/mol. The molecule has 0 spiro atoms. The number of para-hydroxylation sites is 1. The lowest BCUT2D eigenvalue weighted by Gasteiger charge is -2.15. The van der Waals surface area contributed by atoms with Gasteiger partial charge in [-0.15, -0.1) is 0 Å². The van der Waals surface area contributed by atoms with Crippen molar-refractivity contribution in [2.45, 2.75) is 53.0 Å². The molecule has 0 bridgehead atoms. The lowest BCUT2D eigenvalue weighted by Crippen LogP contribution is -2.22. The minimum absolute atomic E-state index is 0.144. The van der Waals surface area contributed by atoms with E-state index in [4.69, 9.17) is 4.98 Å². The third kappa shape index (κ3) is 3.85. The maximum absolute atomic E-state index is 13.3. The van der Waals surface area contributed by atoms with Crippen LogP contribution in [0.25, 0.3) is 21.8 Å². The van der Waals surface area contributed by atoms with Crippen LogP contribution >= 0.6 is 15.9 Å². The number of halogens is 1. The van der Waals surface area contributed by atoms with Crippen molar-refractivity contribution in [2.24, 2.45) is 5.10 Å². The average molecular weight is 479 g/mol. The van der Waals surface area contributed by atoms with Crippen LogP contribution < -0.4 is 5.56 Å². The van der Waals surface area contributed by atoms with Crippen LogP contribution in [-0.4, -0.2) is 20.4 Å². The topological polar surface area (TPSA) is 52.2 Å². The van der Waals surface area contributed by atoms with Gasteiger partial charge in [-0.1, -0.05) is 48.0 Å². The summed E-state index contributed by atoms with van der Waals surface area (Å²) < 4.78 is 4.68. The summed E-state index contributed by atoms with van der Waals surface area (Å²) in [5, 5.41) is 6.38. The van der Waals surface area contributed by atoms with Crippen molar-refractivity contribution in [3.05, 3.63) is 74.4 Å². The maximum atomic E-state index is 13.3. The molecule has 2 heterocycles. The Morgan fingerprint density at radius 2 is 1.94 bits per heavy atom. The van der Waals surface area contributed by atoms with Crippen LogP contribution in [0, 0.1) is 6.92 Å². The van der Waals surface area contributed by atoms with Crippen molar-refractivity contribution in [1.29, 1.82) is 0 Å². The molecule has 4 rings (SSSR count). The Morgan fingerprint density at radius 3 is 2.68 bits per heavy atom. The van der Waals surface area contributed by atoms with Gasteiger partial charge in [0.15, 0.2) is 0 Å². The molecule has 0 amide bonds. The van der Waals surface area contributed by atoms with Crippen molar-refractivity contribution in [3.8, 4) is 0 Å². The highest BCUT2D eigenvalue weighted by molar-refractivity contribution is 9.10. The average Bonchev–Trinajstić information content (AvgIpc) is 3.05. The molecule has 4 aromatic rings. The van der Waals surface area contributed by atoms with E-state index in [1.54, 1.807) is 0 Å². The summed E-state index contributed by atoms with van der Waals surface area (Å²) in [4.78, 5) is 18.0. The first-order valence-corrected chi connectivity index (χ1v) is 11.6. The molecular formula is C25H27BrN4O. The SMILES string of the molecule is CCCc1nc2ccc(Br)cc2c(=O)n1N=Cc1c(C)n([C@H](C)CC)c2ccccc12. The molecule has 2 aromatic carbocycles. The molecule has 0 aliphatic carbocycles. The zero-order valence-electron chi connectivity index (χ0n) is 18.4. The molecule has 0 saturated carbocycles. The molecule has 160 valence electrons. The lowest BCUT2D eigenvalue weighted by molar-refractivity contribution is 0.537. The predicted octanol–water partition coefficient (Wildman–Crippen LogP) is 6.23. The molecule has 2 aromatic heterocycles. The fraction of sp³-hybridized carbons (Fsp3) is 0.320. The van der Waals surface area contributed by atoms with E-state index in [1.165, 1.54) is 10.2 Å². The van der Waals surface area contributed by atoms with Gasteiger partial charge < -0.3 is 4.57 Å². The van der Waals surface area contributed by atoms with Gasteiger partial charge in [0.2, 0.25) is 0 Å². The molecule has 0 unspecified atom stereocenters. The summed E-state index contributed by atoms with van der Waals surface area (Å²) in [5.74, 6) is 0.682. The van der Waals surface area contributed by atoms with Crippen LogP contribution in [0.5, 0.6) is 0 Å². The van der Waals surface area contributed by atoms with Gasteiger partial charge in [0.05, 0.1) is 17.1 Å². The van der Waals surface area contributed by atoms with Gasteiger partial charge in [-0.2, -0.15) is 9.78 Å². The molecule has 0 aliphatic heterocycles. The third-order valence-corrected chi connectivity index (χ3v) is 6.38. The number of nitrogens with zero attached hydrogens (tertiary/aromatic N) is 4. The highest BCUT2D eigenvalue weighted by atomic mass is 79.9. The summed E-state index contributed by atoms with van der Waals surface area (Å²) in [6, 6.07) is 14.4. The molecule has 0 saturated heterocycles. The molecule has 0 N–H and O–H groups in total. The predicted molar refractivity (Wildman–Crippen MR) is 132 cm³/mol.